The third-order valence-corrected chi connectivity index (χ3v) is 12.1. The molecule has 3 N–H and O–H groups in total. The number of nitrogens with one attached hydrogen (secondary N) is 1. The first-order valence-electron chi connectivity index (χ1n) is 20.5. The summed E-state index contributed by atoms with van der Waals surface area (Å²) in [5.74, 6) is -0.569. The largest absolute Gasteiger partial charge is 0.511 e. The quantitative estimate of drug-likeness (QED) is 0.0818. The lowest BCUT2D eigenvalue weighted by molar-refractivity contribution is -0.145. The minimum Gasteiger partial charge on any atom is -0.511 e. The topological polar surface area (TPSA) is 133 Å². The Kier molecular flexibility index (Phi) is 12.6. The number of allylic oxidation sites excluding steroid dienone is 12. The highest BCUT2D eigenvalue weighted by Gasteiger charge is 2.41. The summed E-state index contributed by atoms with van der Waals surface area (Å²) in [4.78, 5) is 40.3. The van der Waals surface area contributed by atoms with Gasteiger partial charge in [-0.2, -0.15) is 0 Å². The second-order valence-electron chi connectivity index (χ2n) is 15.8. The molecular formula is C46H58N4O5. The molecule has 0 aromatic carbocycles. The molecule has 8 bridgehead atoms. The molecule has 0 amide bonds. The lowest BCUT2D eigenvalue weighted by atomic mass is 9.86. The number of hydrogen-bond acceptors (Lipinski definition) is 8. The van der Waals surface area contributed by atoms with E-state index in [4.69, 9.17) is 19.7 Å². The first-order valence-corrected chi connectivity index (χ1v) is 20.5. The second kappa shape index (κ2) is 17.3. The lowest BCUT2D eigenvalue weighted by Crippen LogP contribution is -2.18. The molecule has 0 spiro atoms. The summed E-state index contributed by atoms with van der Waals surface area (Å²) in [6, 6.07) is 0. The number of nitrogens with zero attached hydrogens (tertiary/aromatic N) is 3. The van der Waals surface area contributed by atoms with E-state index < -0.39 is 5.97 Å². The van der Waals surface area contributed by atoms with Crippen LogP contribution in [-0.2, 0) is 14.3 Å². The molecule has 6 aliphatic rings. The van der Waals surface area contributed by atoms with Gasteiger partial charge in [-0.3, -0.25) is 4.79 Å². The van der Waals surface area contributed by atoms with Crippen LogP contribution >= 0.6 is 0 Å². The van der Waals surface area contributed by atoms with E-state index in [1.807, 2.05) is 32.1 Å². The van der Waals surface area contributed by atoms with Crippen LogP contribution in [0.4, 0.5) is 0 Å². The van der Waals surface area contributed by atoms with E-state index in [0.29, 0.717) is 36.8 Å². The van der Waals surface area contributed by atoms with Crippen molar-refractivity contribution in [1.82, 2.24) is 5.32 Å². The monoisotopic (exact) mass is 746 g/mol. The van der Waals surface area contributed by atoms with Gasteiger partial charge >= 0.3 is 11.9 Å². The summed E-state index contributed by atoms with van der Waals surface area (Å²) in [7, 11) is 0. The maximum atomic E-state index is 13.4. The lowest BCUT2D eigenvalue weighted by Gasteiger charge is -2.19. The predicted octanol–water partition coefficient (Wildman–Crippen LogP) is 10.4. The highest BCUT2D eigenvalue weighted by Crippen LogP contribution is 2.46. The molecular weight excluding hydrogens is 689 g/mol. The Hall–Kier alpha value is -4.79. The molecule has 1 saturated heterocycles. The molecule has 5 heterocycles. The number of fused-ring (bicyclic) bond motifs is 5. The van der Waals surface area contributed by atoms with E-state index in [9.17, 15) is 19.8 Å². The zero-order chi connectivity index (χ0) is 39.4. The van der Waals surface area contributed by atoms with Crippen LogP contribution in [0.2, 0.25) is 0 Å². The molecule has 0 saturated carbocycles. The zero-order valence-corrected chi connectivity index (χ0v) is 33.8. The summed E-state index contributed by atoms with van der Waals surface area (Å²) in [5.41, 5.74) is 12.8. The Morgan fingerprint density at radius 2 is 1.65 bits per heavy atom. The van der Waals surface area contributed by atoms with Crippen LogP contribution in [0.25, 0.3) is 0 Å². The second-order valence-corrected chi connectivity index (χ2v) is 15.8. The van der Waals surface area contributed by atoms with Crippen molar-refractivity contribution in [2.45, 2.75) is 126 Å². The highest BCUT2D eigenvalue weighted by molar-refractivity contribution is 6.21. The molecule has 55 heavy (non-hydrogen) atoms. The molecule has 9 nitrogen and oxygen atoms in total. The van der Waals surface area contributed by atoms with Gasteiger partial charge in [0.05, 0.1) is 40.8 Å². The van der Waals surface area contributed by atoms with Crippen LogP contribution in [0.5, 0.6) is 0 Å². The molecule has 0 aromatic rings. The Morgan fingerprint density at radius 1 is 0.927 bits per heavy atom. The Balaban J connectivity index is 1.37. The van der Waals surface area contributed by atoms with Gasteiger partial charge in [0.25, 0.3) is 0 Å². The van der Waals surface area contributed by atoms with Crippen LogP contribution in [0.1, 0.15) is 126 Å². The fraction of sp³-hybridized carbons (Fsp3) is 0.500. The van der Waals surface area contributed by atoms with E-state index in [0.717, 1.165) is 117 Å². The van der Waals surface area contributed by atoms with Crippen molar-refractivity contribution in [1.29, 1.82) is 0 Å². The molecule has 0 aromatic heterocycles. The summed E-state index contributed by atoms with van der Waals surface area (Å²) in [5, 5.41) is 24.7. The van der Waals surface area contributed by atoms with Crippen molar-refractivity contribution in [3.63, 3.8) is 0 Å². The number of unbranched alkanes of at least 4 members (excludes halogenated alkanes) is 4. The molecule has 6 rings (SSSR count). The predicted molar refractivity (Wildman–Crippen MR) is 221 cm³/mol. The average Bonchev–Trinajstić information content (AvgIpc) is 3.91. The summed E-state index contributed by atoms with van der Waals surface area (Å²) in [6.07, 6.45) is 20.1. The van der Waals surface area contributed by atoms with Crippen LogP contribution in [-0.4, -0.2) is 45.9 Å². The van der Waals surface area contributed by atoms with Gasteiger partial charge in [0.1, 0.15) is 5.76 Å². The van der Waals surface area contributed by atoms with Gasteiger partial charge in [0.15, 0.2) is 0 Å². The van der Waals surface area contributed by atoms with Crippen molar-refractivity contribution in [3.8, 4) is 0 Å². The van der Waals surface area contributed by atoms with Crippen molar-refractivity contribution in [3.05, 3.63) is 104 Å². The molecule has 1 aliphatic carbocycles. The number of carboxylic acid groups (broad SMARTS) is 1. The van der Waals surface area contributed by atoms with Gasteiger partial charge in [0.2, 0.25) is 0 Å². The molecule has 292 valence electrons. The van der Waals surface area contributed by atoms with E-state index >= 15 is 0 Å². The van der Waals surface area contributed by atoms with Crippen LogP contribution in [0, 0.1) is 17.8 Å². The third kappa shape index (κ3) is 8.41. The number of ether oxygens (including phenoxy) is 1. The van der Waals surface area contributed by atoms with E-state index in [1.165, 1.54) is 25.7 Å². The zero-order valence-electron chi connectivity index (χ0n) is 33.8. The third-order valence-electron chi connectivity index (χ3n) is 12.1. The van der Waals surface area contributed by atoms with Gasteiger partial charge in [-0.25, -0.2) is 19.8 Å². The highest BCUT2D eigenvalue weighted by atomic mass is 16.5. The Morgan fingerprint density at radius 3 is 2.38 bits per heavy atom. The number of carboxylic acids is 1. The molecule has 5 aliphatic heterocycles. The number of esters is 1. The number of carbonyl (C=O) groups is 2. The van der Waals surface area contributed by atoms with Crippen LogP contribution in [0.3, 0.4) is 0 Å². The summed E-state index contributed by atoms with van der Waals surface area (Å²) in [6.45, 7) is 15.2. The van der Waals surface area contributed by atoms with Gasteiger partial charge < -0.3 is 20.3 Å². The number of aliphatic carboxylic acids is 1. The van der Waals surface area contributed by atoms with Gasteiger partial charge in [-0.1, -0.05) is 66.2 Å². The number of rotatable bonds is 16. The number of carbonyl (C=O) groups excluding carboxylic acids is 1. The molecule has 3 atom stereocenters. The van der Waals surface area contributed by atoms with Crippen molar-refractivity contribution in [2.75, 3.05) is 6.61 Å². The van der Waals surface area contributed by atoms with Crippen molar-refractivity contribution >= 4 is 29.1 Å². The van der Waals surface area contributed by atoms with Crippen molar-refractivity contribution < 1.29 is 24.5 Å². The average molecular weight is 747 g/mol. The molecule has 0 radical (unpaired) electrons. The molecule has 9 heteroatoms. The number of hydrogen-bond donors (Lipinski definition) is 3. The normalized spacial score (nSPS) is 22.4. The van der Waals surface area contributed by atoms with E-state index in [1.54, 1.807) is 6.08 Å². The number of aliphatic hydroxyl groups excluding tert-OH is 1. The minimum absolute atomic E-state index is 0.00934. The van der Waals surface area contributed by atoms with Gasteiger partial charge in [0, 0.05) is 58.9 Å². The first kappa shape index (κ1) is 39.9. The molecule has 1 fully saturated rings. The summed E-state index contributed by atoms with van der Waals surface area (Å²) < 4.78 is 5.97. The van der Waals surface area contributed by atoms with Crippen LogP contribution < -0.4 is 5.32 Å². The summed E-state index contributed by atoms with van der Waals surface area (Å²) >= 11 is 0. The maximum Gasteiger partial charge on any atom is 0.328 e. The minimum atomic E-state index is -1.03. The van der Waals surface area contributed by atoms with E-state index in [-0.39, 0.29) is 24.2 Å². The van der Waals surface area contributed by atoms with E-state index in [2.05, 4.69) is 39.9 Å². The molecule has 1 unspecified atom stereocenters. The standard InChI is InChI=1S/C46H58N4O5/c1-8-11-13-14-16-30(15-12-9-2)25-55-43(54)20-18-33-28(6)37-22-35-27(5)32(17-19-42(52)53)40(48-35)23-36-26(4)31(10-3)39(47-36)24-38-29(7)44-41(51)21-34(45(33)49-37)46(44)50-38/h17,19,22-24,28,30,33,49,51H,8-16,18,20-21,25H2,1-7H3,(H,52,53)/b19-17+,37-22?,39-24?,40-23?,45-34?/t28-,30?,33-/m0/s1. The number of aliphatic imine (C=N–C) groups is 3. The fourth-order valence-corrected chi connectivity index (χ4v) is 8.71. The van der Waals surface area contributed by atoms with Crippen molar-refractivity contribution in [2.24, 2.45) is 32.7 Å². The smallest absolute Gasteiger partial charge is 0.328 e. The Labute approximate surface area is 326 Å². The Bertz CT molecular complexity index is 2020. The maximum absolute atomic E-state index is 13.4. The van der Waals surface area contributed by atoms with Crippen LogP contribution in [0.15, 0.2) is 119 Å². The first-order chi connectivity index (χ1) is 26.4. The number of aliphatic hydroxyl groups is 1. The van der Waals surface area contributed by atoms with Gasteiger partial charge in [-0.05, 0) is 99.0 Å². The fourth-order valence-electron chi connectivity index (χ4n) is 8.71. The van der Waals surface area contributed by atoms with Gasteiger partial charge in [-0.15, -0.1) is 0 Å². The SMILES string of the molecule is CCCCCCC(CCCC)COC(=O)CC[C@@H]1C2=C3CC(O)=C4C3=NC(=C4C)C=C3N=C(C=C4N=C(C=C(N2)[C@H]1C)C(C)=C4/C=C/C(=O)O)C(C)=C3CC.